The van der Waals surface area contributed by atoms with Gasteiger partial charge in [-0.25, -0.2) is 13.6 Å². The third kappa shape index (κ3) is 3.48. The zero-order valence-corrected chi connectivity index (χ0v) is 12.5. The SMILES string of the molecule is CC1CC(C)(C)CC1Nc1cccc(S(N)(=O)=O)c1. The Balaban J connectivity index is 2.17. The van der Waals surface area contributed by atoms with Crippen molar-refractivity contribution in [3.63, 3.8) is 0 Å². The third-order valence-electron chi connectivity index (χ3n) is 3.85. The van der Waals surface area contributed by atoms with Gasteiger partial charge >= 0.3 is 0 Å². The maximum absolute atomic E-state index is 11.3. The molecule has 0 radical (unpaired) electrons. The van der Waals surface area contributed by atoms with Gasteiger partial charge in [0.25, 0.3) is 0 Å². The standard InChI is InChI=1S/C14H22N2O2S/c1-10-8-14(2,3)9-13(10)16-11-5-4-6-12(7-11)19(15,17)18/h4-7,10,13,16H,8-9H2,1-3H3,(H2,15,17,18). The minimum absolute atomic E-state index is 0.155. The average Bonchev–Trinajstić information content (AvgIpc) is 2.51. The van der Waals surface area contributed by atoms with Crippen molar-refractivity contribution in [2.45, 2.75) is 44.6 Å². The Morgan fingerprint density at radius 2 is 2.00 bits per heavy atom. The Morgan fingerprint density at radius 3 is 2.53 bits per heavy atom. The maximum Gasteiger partial charge on any atom is 0.238 e. The highest BCUT2D eigenvalue weighted by molar-refractivity contribution is 7.89. The van der Waals surface area contributed by atoms with Crippen molar-refractivity contribution in [2.75, 3.05) is 5.32 Å². The van der Waals surface area contributed by atoms with Gasteiger partial charge in [0.2, 0.25) is 10.0 Å². The molecule has 1 aromatic rings. The zero-order valence-electron chi connectivity index (χ0n) is 11.7. The van der Waals surface area contributed by atoms with E-state index in [4.69, 9.17) is 5.14 Å². The minimum Gasteiger partial charge on any atom is -0.382 e. The lowest BCUT2D eigenvalue weighted by Crippen LogP contribution is -2.22. The summed E-state index contributed by atoms with van der Waals surface area (Å²) >= 11 is 0. The first-order valence-electron chi connectivity index (χ1n) is 6.57. The quantitative estimate of drug-likeness (QED) is 0.895. The average molecular weight is 282 g/mol. The minimum atomic E-state index is -3.64. The van der Waals surface area contributed by atoms with Gasteiger partial charge in [0, 0.05) is 11.7 Å². The Bertz CT molecular complexity index is 567. The molecule has 1 saturated carbocycles. The summed E-state index contributed by atoms with van der Waals surface area (Å²) in [6.45, 7) is 6.77. The van der Waals surface area contributed by atoms with E-state index in [1.807, 2.05) is 6.07 Å². The molecule has 1 aromatic carbocycles. The molecule has 0 spiro atoms. The van der Waals surface area contributed by atoms with Crippen LogP contribution in [-0.4, -0.2) is 14.5 Å². The van der Waals surface area contributed by atoms with Crippen molar-refractivity contribution < 1.29 is 8.42 Å². The van der Waals surface area contributed by atoms with Crippen LogP contribution in [0.5, 0.6) is 0 Å². The molecule has 0 heterocycles. The molecule has 0 bridgehead atoms. The molecule has 1 fully saturated rings. The number of nitrogens with one attached hydrogen (secondary N) is 1. The zero-order chi connectivity index (χ0) is 14.3. The van der Waals surface area contributed by atoms with E-state index in [9.17, 15) is 8.42 Å². The molecule has 106 valence electrons. The number of anilines is 1. The van der Waals surface area contributed by atoms with Crippen LogP contribution in [0.15, 0.2) is 29.2 Å². The molecule has 0 amide bonds. The van der Waals surface area contributed by atoms with Gasteiger partial charge in [-0.2, -0.15) is 0 Å². The molecule has 2 unspecified atom stereocenters. The third-order valence-corrected chi connectivity index (χ3v) is 4.76. The summed E-state index contributed by atoms with van der Waals surface area (Å²) in [5.74, 6) is 0.577. The summed E-state index contributed by atoms with van der Waals surface area (Å²) in [6, 6.07) is 7.10. The lowest BCUT2D eigenvalue weighted by Gasteiger charge is -2.20. The second-order valence-corrected chi connectivity index (χ2v) is 7.93. The van der Waals surface area contributed by atoms with Gasteiger partial charge < -0.3 is 5.32 Å². The highest BCUT2D eigenvalue weighted by atomic mass is 32.2. The summed E-state index contributed by atoms with van der Waals surface area (Å²) in [5.41, 5.74) is 1.16. The molecule has 3 N–H and O–H groups in total. The molecule has 0 aromatic heterocycles. The van der Waals surface area contributed by atoms with E-state index in [0.717, 1.165) is 12.1 Å². The molecule has 19 heavy (non-hydrogen) atoms. The van der Waals surface area contributed by atoms with Crippen LogP contribution in [0.4, 0.5) is 5.69 Å². The fraction of sp³-hybridized carbons (Fsp3) is 0.571. The van der Waals surface area contributed by atoms with Crippen molar-refractivity contribution in [2.24, 2.45) is 16.5 Å². The number of primary sulfonamides is 1. The van der Waals surface area contributed by atoms with E-state index >= 15 is 0 Å². The van der Waals surface area contributed by atoms with Gasteiger partial charge in [0.15, 0.2) is 0 Å². The van der Waals surface area contributed by atoms with Gasteiger partial charge in [-0.3, -0.25) is 0 Å². The second kappa shape index (κ2) is 4.80. The predicted octanol–water partition coefficient (Wildman–Crippen LogP) is 2.57. The molecule has 4 nitrogen and oxygen atoms in total. The molecule has 5 heteroatoms. The van der Waals surface area contributed by atoms with E-state index in [0.29, 0.717) is 17.4 Å². The molecular formula is C14H22N2O2S. The number of hydrogen-bond acceptors (Lipinski definition) is 3. The molecular weight excluding hydrogens is 260 g/mol. The summed E-state index contributed by atoms with van der Waals surface area (Å²) < 4.78 is 22.7. The maximum atomic E-state index is 11.3. The topological polar surface area (TPSA) is 72.2 Å². The van der Waals surface area contributed by atoms with Crippen LogP contribution in [0.2, 0.25) is 0 Å². The number of rotatable bonds is 3. The first-order chi connectivity index (χ1) is 8.67. The van der Waals surface area contributed by atoms with Crippen LogP contribution in [-0.2, 0) is 10.0 Å². The van der Waals surface area contributed by atoms with Crippen molar-refractivity contribution in [3.05, 3.63) is 24.3 Å². The summed E-state index contributed by atoms with van der Waals surface area (Å²) in [5, 5.41) is 8.59. The van der Waals surface area contributed by atoms with Crippen molar-refractivity contribution in [1.82, 2.24) is 0 Å². The Kier molecular flexibility index (Phi) is 3.62. The molecule has 1 aliphatic rings. The van der Waals surface area contributed by atoms with Crippen LogP contribution in [0.3, 0.4) is 0 Å². The molecule has 0 saturated heterocycles. The van der Waals surface area contributed by atoms with Crippen LogP contribution in [0.1, 0.15) is 33.6 Å². The number of nitrogens with two attached hydrogens (primary N) is 1. The van der Waals surface area contributed by atoms with Gasteiger partial charge in [-0.05, 0) is 42.4 Å². The highest BCUT2D eigenvalue weighted by Gasteiger charge is 2.36. The summed E-state index contributed by atoms with van der Waals surface area (Å²) in [6.07, 6.45) is 2.27. The lowest BCUT2D eigenvalue weighted by atomic mass is 9.91. The first-order valence-corrected chi connectivity index (χ1v) is 8.11. The Hall–Kier alpha value is -1.07. The van der Waals surface area contributed by atoms with E-state index in [2.05, 4.69) is 26.1 Å². The molecule has 2 atom stereocenters. The summed E-state index contributed by atoms with van der Waals surface area (Å²) in [4.78, 5) is 0.155. The van der Waals surface area contributed by atoms with Crippen molar-refractivity contribution in [1.29, 1.82) is 0 Å². The smallest absolute Gasteiger partial charge is 0.238 e. The molecule has 0 aliphatic heterocycles. The fourth-order valence-corrected chi connectivity index (χ4v) is 3.62. The summed E-state index contributed by atoms with van der Waals surface area (Å²) in [7, 11) is -3.64. The van der Waals surface area contributed by atoms with Gasteiger partial charge in [0.05, 0.1) is 4.90 Å². The van der Waals surface area contributed by atoms with Crippen LogP contribution in [0, 0.1) is 11.3 Å². The van der Waals surface area contributed by atoms with Crippen molar-refractivity contribution >= 4 is 15.7 Å². The van der Waals surface area contributed by atoms with Gasteiger partial charge in [-0.1, -0.05) is 26.8 Å². The monoisotopic (exact) mass is 282 g/mol. The Morgan fingerprint density at radius 1 is 1.32 bits per heavy atom. The van der Waals surface area contributed by atoms with E-state index in [1.165, 1.54) is 12.5 Å². The van der Waals surface area contributed by atoms with Crippen LogP contribution < -0.4 is 10.5 Å². The van der Waals surface area contributed by atoms with E-state index in [-0.39, 0.29) is 4.90 Å². The Labute approximate surface area is 115 Å². The van der Waals surface area contributed by atoms with Crippen LogP contribution >= 0.6 is 0 Å². The first kappa shape index (κ1) is 14.3. The van der Waals surface area contributed by atoms with Crippen molar-refractivity contribution in [3.8, 4) is 0 Å². The highest BCUT2D eigenvalue weighted by Crippen LogP contribution is 2.42. The number of benzene rings is 1. The van der Waals surface area contributed by atoms with Gasteiger partial charge in [-0.15, -0.1) is 0 Å². The largest absolute Gasteiger partial charge is 0.382 e. The fourth-order valence-electron chi connectivity index (χ4n) is 3.06. The lowest BCUT2D eigenvalue weighted by molar-refractivity contribution is 0.366. The normalized spacial score (nSPS) is 26.3. The van der Waals surface area contributed by atoms with E-state index < -0.39 is 10.0 Å². The molecule has 2 rings (SSSR count). The van der Waals surface area contributed by atoms with Crippen LogP contribution in [0.25, 0.3) is 0 Å². The predicted molar refractivity (Wildman–Crippen MR) is 77.4 cm³/mol. The number of sulfonamides is 1. The second-order valence-electron chi connectivity index (χ2n) is 6.37. The van der Waals surface area contributed by atoms with Gasteiger partial charge in [0.1, 0.15) is 0 Å². The molecule has 1 aliphatic carbocycles. The number of hydrogen-bond donors (Lipinski definition) is 2. The van der Waals surface area contributed by atoms with E-state index in [1.54, 1.807) is 12.1 Å².